The molecule has 0 aromatic rings. The summed E-state index contributed by atoms with van der Waals surface area (Å²) in [5.74, 6) is 0.697. The molecule has 0 aliphatic heterocycles. The van der Waals surface area contributed by atoms with Gasteiger partial charge in [-0.2, -0.15) is 0 Å². The second-order valence-electron chi connectivity index (χ2n) is 5.54. The summed E-state index contributed by atoms with van der Waals surface area (Å²) in [6.45, 7) is 2.13. The molecule has 0 saturated carbocycles. The zero-order valence-electron chi connectivity index (χ0n) is 14.2. The summed E-state index contributed by atoms with van der Waals surface area (Å²) in [5.41, 5.74) is 5.68. The number of nitrogens with one attached hydrogen (secondary N) is 1. The molecule has 0 saturated heterocycles. The van der Waals surface area contributed by atoms with E-state index in [9.17, 15) is 9.59 Å². The summed E-state index contributed by atoms with van der Waals surface area (Å²) in [7, 11) is 5.55. The summed E-state index contributed by atoms with van der Waals surface area (Å²) < 4.78 is 0. The lowest BCUT2D eigenvalue weighted by Gasteiger charge is -2.17. The van der Waals surface area contributed by atoms with Crippen molar-refractivity contribution in [2.45, 2.75) is 38.5 Å². The van der Waals surface area contributed by atoms with Crippen molar-refractivity contribution in [3.8, 4) is 0 Å². The predicted octanol–water partition coefficient (Wildman–Crippen LogP) is 0.408. The number of hydrogen-bond acceptors (Lipinski definition) is 3. The van der Waals surface area contributed by atoms with Crippen molar-refractivity contribution in [3.05, 3.63) is 0 Å². The fourth-order valence-corrected chi connectivity index (χ4v) is 1.85. The zero-order chi connectivity index (χ0) is 16.8. The van der Waals surface area contributed by atoms with E-state index >= 15 is 0 Å². The summed E-state index contributed by atoms with van der Waals surface area (Å²) >= 11 is 0. The van der Waals surface area contributed by atoms with E-state index < -0.39 is 0 Å². The molecular formula is C15H31N5O2. The number of rotatable bonds is 12. The van der Waals surface area contributed by atoms with Crippen LogP contribution in [0.2, 0.25) is 0 Å². The van der Waals surface area contributed by atoms with Gasteiger partial charge in [0.2, 0.25) is 12.3 Å². The molecule has 0 bridgehead atoms. The molecule has 2 amide bonds. The van der Waals surface area contributed by atoms with E-state index in [-0.39, 0.29) is 5.91 Å². The summed E-state index contributed by atoms with van der Waals surface area (Å²) in [4.78, 5) is 29.7. The highest BCUT2D eigenvalue weighted by Crippen LogP contribution is 2.03. The van der Waals surface area contributed by atoms with Crippen LogP contribution in [0.3, 0.4) is 0 Å². The molecule has 0 fully saturated rings. The lowest BCUT2D eigenvalue weighted by atomic mass is 10.2. The van der Waals surface area contributed by atoms with Gasteiger partial charge in [-0.3, -0.25) is 14.6 Å². The van der Waals surface area contributed by atoms with Crippen molar-refractivity contribution in [2.24, 2.45) is 10.7 Å². The monoisotopic (exact) mass is 313 g/mol. The Labute approximate surface area is 133 Å². The molecule has 0 heterocycles. The van der Waals surface area contributed by atoms with Crippen molar-refractivity contribution >= 4 is 18.3 Å². The highest BCUT2D eigenvalue weighted by atomic mass is 16.2. The number of unbranched alkanes of at least 4 members (excludes halogenated alkanes) is 3. The molecule has 0 rings (SSSR count). The Morgan fingerprint density at radius 1 is 1.14 bits per heavy atom. The Morgan fingerprint density at radius 3 is 2.50 bits per heavy atom. The first-order valence-corrected chi connectivity index (χ1v) is 7.87. The van der Waals surface area contributed by atoms with E-state index in [0.717, 1.165) is 38.6 Å². The molecule has 0 spiro atoms. The molecule has 0 radical (unpaired) electrons. The highest BCUT2D eigenvalue weighted by molar-refractivity contribution is 5.77. The van der Waals surface area contributed by atoms with Crippen LogP contribution in [0.1, 0.15) is 38.5 Å². The minimum Gasteiger partial charge on any atom is -0.370 e. The van der Waals surface area contributed by atoms with Gasteiger partial charge < -0.3 is 20.9 Å². The largest absolute Gasteiger partial charge is 0.370 e. The van der Waals surface area contributed by atoms with E-state index in [1.807, 2.05) is 21.1 Å². The second-order valence-corrected chi connectivity index (χ2v) is 5.54. The minimum atomic E-state index is 0.176. The minimum absolute atomic E-state index is 0.176. The predicted molar refractivity (Wildman–Crippen MR) is 89.6 cm³/mol. The van der Waals surface area contributed by atoms with Gasteiger partial charge in [0.15, 0.2) is 5.96 Å². The number of nitrogens with two attached hydrogens (primary N) is 1. The maximum atomic E-state index is 11.9. The third kappa shape index (κ3) is 10.9. The van der Waals surface area contributed by atoms with Crippen molar-refractivity contribution < 1.29 is 9.59 Å². The quantitative estimate of drug-likeness (QED) is 0.236. The van der Waals surface area contributed by atoms with E-state index in [4.69, 9.17) is 5.73 Å². The molecule has 0 aromatic carbocycles. The fraction of sp³-hybridized carbons (Fsp3) is 0.800. The SMILES string of the molecule is CN(C)C(N)=NCCCCC(=O)N(C)CCCCCNC=O. The first-order valence-electron chi connectivity index (χ1n) is 7.87. The van der Waals surface area contributed by atoms with Crippen LogP contribution >= 0.6 is 0 Å². The molecule has 22 heavy (non-hydrogen) atoms. The topological polar surface area (TPSA) is 91.0 Å². The number of guanidine groups is 1. The molecule has 0 atom stereocenters. The van der Waals surface area contributed by atoms with Gasteiger partial charge in [0.05, 0.1) is 0 Å². The second kappa shape index (κ2) is 12.9. The Kier molecular flexibility index (Phi) is 11.9. The van der Waals surface area contributed by atoms with Gasteiger partial charge in [0.1, 0.15) is 0 Å². The first-order chi connectivity index (χ1) is 10.5. The van der Waals surface area contributed by atoms with Crippen LogP contribution in [-0.2, 0) is 9.59 Å². The molecule has 128 valence electrons. The molecule has 7 heteroatoms. The lowest BCUT2D eigenvalue weighted by molar-refractivity contribution is -0.130. The zero-order valence-corrected chi connectivity index (χ0v) is 14.2. The summed E-state index contributed by atoms with van der Waals surface area (Å²) in [6, 6.07) is 0. The Hall–Kier alpha value is -1.79. The maximum Gasteiger partial charge on any atom is 0.222 e. The average molecular weight is 313 g/mol. The summed E-state index contributed by atoms with van der Waals surface area (Å²) in [5, 5.41) is 2.63. The lowest BCUT2D eigenvalue weighted by Crippen LogP contribution is -2.30. The molecule has 3 N–H and O–H groups in total. The van der Waals surface area contributed by atoms with E-state index in [0.29, 0.717) is 31.9 Å². The van der Waals surface area contributed by atoms with Crippen LogP contribution in [-0.4, -0.2) is 68.9 Å². The van der Waals surface area contributed by atoms with Crippen LogP contribution in [0.5, 0.6) is 0 Å². The van der Waals surface area contributed by atoms with Crippen LogP contribution in [0, 0.1) is 0 Å². The van der Waals surface area contributed by atoms with Gasteiger partial charge in [0, 0.05) is 47.2 Å². The molecule has 0 aliphatic carbocycles. The molecule has 0 unspecified atom stereocenters. The average Bonchev–Trinajstić information content (AvgIpc) is 2.49. The van der Waals surface area contributed by atoms with Crippen LogP contribution in [0.15, 0.2) is 4.99 Å². The smallest absolute Gasteiger partial charge is 0.222 e. The highest BCUT2D eigenvalue weighted by Gasteiger charge is 2.07. The number of carbonyl (C=O) groups excluding carboxylic acids is 2. The number of amides is 2. The van der Waals surface area contributed by atoms with Gasteiger partial charge in [0.25, 0.3) is 0 Å². The fourth-order valence-electron chi connectivity index (χ4n) is 1.85. The van der Waals surface area contributed by atoms with Crippen LogP contribution in [0.4, 0.5) is 0 Å². The van der Waals surface area contributed by atoms with Gasteiger partial charge in [-0.05, 0) is 32.1 Å². The number of hydrogen-bond donors (Lipinski definition) is 2. The van der Waals surface area contributed by atoms with Crippen molar-refractivity contribution in [1.29, 1.82) is 0 Å². The van der Waals surface area contributed by atoms with Crippen LogP contribution < -0.4 is 11.1 Å². The van der Waals surface area contributed by atoms with Gasteiger partial charge in [-0.15, -0.1) is 0 Å². The number of carbonyl (C=O) groups is 2. The Morgan fingerprint density at radius 2 is 1.86 bits per heavy atom. The third-order valence-corrected chi connectivity index (χ3v) is 3.35. The van der Waals surface area contributed by atoms with Crippen molar-refractivity contribution in [1.82, 2.24) is 15.1 Å². The Bertz CT molecular complexity index is 345. The third-order valence-electron chi connectivity index (χ3n) is 3.35. The van der Waals surface area contributed by atoms with Gasteiger partial charge >= 0.3 is 0 Å². The Balaban J connectivity index is 3.62. The molecule has 0 aliphatic rings. The standard InChI is InChI=1S/C15H31N5O2/c1-19(2)15(16)18-11-7-5-9-14(22)20(3)12-8-4-6-10-17-13-21/h13H,4-12H2,1-3H3,(H2,16,18)(H,17,21). The van der Waals surface area contributed by atoms with E-state index in [2.05, 4.69) is 10.3 Å². The number of nitrogens with zero attached hydrogens (tertiary/aromatic N) is 3. The van der Waals surface area contributed by atoms with E-state index in [1.165, 1.54) is 0 Å². The van der Waals surface area contributed by atoms with Crippen molar-refractivity contribution in [3.63, 3.8) is 0 Å². The van der Waals surface area contributed by atoms with Crippen LogP contribution in [0.25, 0.3) is 0 Å². The number of aliphatic imine (C=N–C) groups is 1. The van der Waals surface area contributed by atoms with Crippen molar-refractivity contribution in [2.75, 3.05) is 40.8 Å². The maximum absolute atomic E-state index is 11.9. The molecule has 0 aromatic heterocycles. The molecular weight excluding hydrogens is 282 g/mol. The van der Waals surface area contributed by atoms with Gasteiger partial charge in [-0.1, -0.05) is 0 Å². The molecule has 7 nitrogen and oxygen atoms in total. The van der Waals surface area contributed by atoms with E-state index in [1.54, 1.807) is 9.80 Å². The first kappa shape index (κ1) is 20.2. The van der Waals surface area contributed by atoms with Gasteiger partial charge in [-0.25, -0.2) is 0 Å². The normalized spacial score (nSPS) is 11.1. The summed E-state index contributed by atoms with van der Waals surface area (Å²) in [6.07, 6.45) is 5.89.